The molecular weight excluding hydrogens is 436 g/mol. The van der Waals surface area contributed by atoms with Crippen LogP contribution in [0.5, 0.6) is 5.75 Å². The Labute approximate surface area is 187 Å². The van der Waals surface area contributed by atoms with Crippen LogP contribution in [-0.2, 0) is 27.8 Å². The number of carbonyl (C=O) groups is 1. The van der Waals surface area contributed by atoms with Crippen molar-refractivity contribution in [2.45, 2.75) is 17.9 Å². The average molecular weight is 459 g/mol. The Balaban J connectivity index is 1.44. The van der Waals surface area contributed by atoms with Gasteiger partial charge >= 0.3 is 0 Å². The number of halogens is 1. The Bertz CT molecular complexity index is 1090. The molecule has 3 aromatic rings. The molecule has 0 bridgehead atoms. The molecule has 1 amide bonds. The predicted octanol–water partition coefficient (Wildman–Crippen LogP) is 3.56. The van der Waals surface area contributed by atoms with E-state index in [9.17, 15) is 13.2 Å². The van der Waals surface area contributed by atoms with E-state index in [4.69, 9.17) is 16.3 Å². The summed E-state index contributed by atoms with van der Waals surface area (Å²) in [5.41, 5.74) is 1.98. The van der Waals surface area contributed by atoms with E-state index >= 15 is 0 Å². The lowest BCUT2D eigenvalue weighted by Gasteiger charge is -2.10. The van der Waals surface area contributed by atoms with Crippen molar-refractivity contribution in [2.24, 2.45) is 0 Å². The number of ether oxygens (including phenoxy) is 1. The average Bonchev–Trinajstić information content (AvgIpc) is 2.78. The highest BCUT2D eigenvalue weighted by Gasteiger charge is 2.13. The highest BCUT2D eigenvalue weighted by molar-refractivity contribution is 7.89. The lowest BCUT2D eigenvalue weighted by molar-refractivity contribution is -0.123. The lowest BCUT2D eigenvalue weighted by atomic mass is 10.2. The van der Waals surface area contributed by atoms with Crippen molar-refractivity contribution >= 4 is 27.5 Å². The number of hydrogen-bond acceptors (Lipinski definition) is 4. The third-order valence-corrected chi connectivity index (χ3v) is 6.18. The van der Waals surface area contributed by atoms with Crippen LogP contribution in [0.3, 0.4) is 0 Å². The standard InChI is InChI=1S/C23H23ClN2O4S/c24-20-8-6-19(7-9-20)16-25-23(27)17-30-21-10-12-22(13-11-21)31(28,29)26-15-14-18-4-2-1-3-5-18/h1-13,26H,14-17H2,(H,25,27). The maximum absolute atomic E-state index is 12.4. The zero-order chi connectivity index (χ0) is 22.1. The van der Waals surface area contributed by atoms with Crippen LogP contribution in [0.1, 0.15) is 11.1 Å². The Kier molecular flexibility index (Phi) is 8.06. The van der Waals surface area contributed by atoms with E-state index in [2.05, 4.69) is 10.0 Å². The molecule has 31 heavy (non-hydrogen) atoms. The van der Waals surface area contributed by atoms with Crippen LogP contribution in [0.2, 0.25) is 5.02 Å². The Morgan fingerprint density at radius 1 is 0.871 bits per heavy atom. The van der Waals surface area contributed by atoms with Crippen LogP contribution in [0.25, 0.3) is 0 Å². The molecule has 0 atom stereocenters. The van der Waals surface area contributed by atoms with Gasteiger partial charge in [0.05, 0.1) is 4.90 Å². The van der Waals surface area contributed by atoms with E-state index in [0.717, 1.165) is 11.1 Å². The molecule has 8 heteroatoms. The Morgan fingerprint density at radius 3 is 2.23 bits per heavy atom. The number of carbonyl (C=O) groups excluding carboxylic acids is 1. The molecule has 0 saturated carbocycles. The molecule has 6 nitrogen and oxygen atoms in total. The highest BCUT2D eigenvalue weighted by atomic mass is 35.5. The van der Waals surface area contributed by atoms with Gasteiger partial charge in [0.2, 0.25) is 10.0 Å². The summed E-state index contributed by atoms with van der Waals surface area (Å²) in [6, 6.07) is 22.8. The summed E-state index contributed by atoms with van der Waals surface area (Å²) in [6.07, 6.45) is 0.604. The fourth-order valence-corrected chi connectivity index (χ4v) is 3.93. The maximum Gasteiger partial charge on any atom is 0.258 e. The number of benzene rings is 3. The maximum atomic E-state index is 12.4. The SMILES string of the molecule is O=C(COc1ccc(S(=O)(=O)NCCc2ccccc2)cc1)NCc1ccc(Cl)cc1. The zero-order valence-corrected chi connectivity index (χ0v) is 18.3. The van der Waals surface area contributed by atoms with Crippen molar-refractivity contribution in [1.29, 1.82) is 0 Å². The second-order valence-corrected chi connectivity index (χ2v) is 9.00. The summed E-state index contributed by atoms with van der Waals surface area (Å²) in [5.74, 6) is 0.124. The fourth-order valence-electron chi connectivity index (χ4n) is 2.78. The molecule has 2 N–H and O–H groups in total. The van der Waals surface area contributed by atoms with Crippen molar-refractivity contribution in [1.82, 2.24) is 10.0 Å². The molecule has 0 saturated heterocycles. The predicted molar refractivity (Wildman–Crippen MR) is 121 cm³/mol. The molecular formula is C23H23ClN2O4S. The van der Waals surface area contributed by atoms with Crippen molar-refractivity contribution in [3.63, 3.8) is 0 Å². The quantitative estimate of drug-likeness (QED) is 0.486. The first kappa shape index (κ1) is 22.8. The summed E-state index contributed by atoms with van der Waals surface area (Å²) in [7, 11) is -3.62. The Morgan fingerprint density at radius 2 is 1.55 bits per heavy atom. The molecule has 162 valence electrons. The molecule has 0 spiro atoms. The van der Waals surface area contributed by atoms with Crippen LogP contribution >= 0.6 is 11.6 Å². The van der Waals surface area contributed by atoms with Gasteiger partial charge in [0, 0.05) is 18.1 Å². The highest BCUT2D eigenvalue weighted by Crippen LogP contribution is 2.16. The molecule has 0 aliphatic carbocycles. The van der Waals surface area contributed by atoms with Crippen LogP contribution in [0, 0.1) is 0 Å². The van der Waals surface area contributed by atoms with E-state index in [1.165, 1.54) is 24.3 Å². The van der Waals surface area contributed by atoms with Crippen molar-refractivity contribution in [3.05, 3.63) is 95.0 Å². The van der Waals surface area contributed by atoms with Crippen molar-refractivity contribution in [3.8, 4) is 5.75 Å². The number of hydrogen-bond donors (Lipinski definition) is 2. The van der Waals surface area contributed by atoms with Crippen molar-refractivity contribution in [2.75, 3.05) is 13.2 Å². The van der Waals surface area contributed by atoms with Gasteiger partial charge in [-0.1, -0.05) is 54.1 Å². The van der Waals surface area contributed by atoms with E-state index in [1.807, 2.05) is 42.5 Å². The topological polar surface area (TPSA) is 84.5 Å². The van der Waals surface area contributed by atoms with Gasteiger partial charge < -0.3 is 10.1 Å². The van der Waals surface area contributed by atoms with Gasteiger partial charge in [0.25, 0.3) is 5.91 Å². The minimum Gasteiger partial charge on any atom is -0.484 e. The molecule has 0 aromatic heterocycles. The monoisotopic (exact) mass is 458 g/mol. The van der Waals surface area contributed by atoms with Crippen LogP contribution in [0.4, 0.5) is 0 Å². The van der Waals surface area contributed by atoms with Gasteiger partial charge in [-0.15, -0.1) is 0 Å². The first-order valence-electron chi connectivity index (χ1n) is 9.70. The van der Waals surface area contributed by atoms with E-state index in [1.54, 1.807) is 12.1 Å². The molecule has 0 unspecified atom stereocenters. The lowest BCUT2D eigenvalue weighted by Crippen LogP contribution is -2.28. The van der Waals surface area contributed by atoms with Gasteiger partial charge in [-0.25, -0.2) is 13.1 Å². The van der Waals surface area contributed by atoms with E-state index in [-0.39, 0.29) is 17.4 Å². The summed E-state index contributed by atoms with van der Waals surface area (Å²) in [6.45, 7) is 0.499. The number of nitrogens with one attached hydrogen (secondary N) is 2. The molecule has 3 rings (SSSR count). The first-order valence-corrected chi connectivity index (χ1v) is 11.6. The third-order valence-electron chi connectivity index (χ3n) is 4.46. The molecule has 3 aromatic carbocycles. The summed E-state index contributed by atoms with van der Waals surface area (Å²) in [4.78, 5) is 12.1. The summed E-state index contributed by atoms with van der Waals surface area (Å²) < 4.78 is 32.9. The Hall–Kier alpha value is -2.87. The minimum absolute atomic E-state index is 0.139. The van der Waals surface area contributed by atoms with Gasteiger partial charge in [-0.2, -0.15) is 0 Å². The zero-order valence-electron chi connectivity index (χ0n) is 16.8. The summed E-state index contributed by atoms with van der Waals surface area (Å²) in [5, 5.41) is 3.38. The molecule has 0 heterocycles. The number of rotatable bonds is 10. The molecule has 0 aliphatic rings. The van der Waals surface area contributed by atoms with Crippen LogP contribution < -0.4 is 14.8 Å². The first-order chi connectivity index (χ1) is 14.9. The van der Waals surface area contributed by atoms with E-state index < -0.39 is 10.0 Å². The molecule has 0 aliphatic heterocycles. The van der Waals surface area contributed by atoms with Crippen LogP contribution in [0.15, 0.2) is 83.8 Å². The van der Waals surface area contributed by atoms with Crippen molar-refractivity contribution < 1.29 is 17.9 Å². The number of amides is 1. The van der Waals surface area contributed by atoms with Crippen LogP contribution in [-0.4, -0.2) is 27.5 Å². The summed E-state index contributed by atoms with van der Waals surface area (Å²) >= 11 is 5.83. The molecule has 0 fully saturated rings. The number of sulfonamides is 1. The largest absolute Gasteiger partial charge is 0.484 e. The molecule has 0 radical (unpaired) electrons. The van der Waals surface area contributed by atoms with Gasteiger partial charge in [-0.3, -0.25) is 4.79 Å². The minimum atomic E-state index is -3.62. The second kappa shape index (κ2) is 10.9. The smallest absolute Gasteiger partial charge is 0.258 e. The van der Waals surface area contributed by atoms with Gasteiger partial charge in [-0.05, 0) is 53.9 Å². The van der Waals surface area contributed by atoms with Gasteiger partial charge in [0.15, 0.2) is 6.61 Å². The van der Waals surface area contributed by atoms with E-state index in [0.29, 0.717) is 30.3 Å². The fraction of sp³-hybridized carbons (Fsp3) is 0.174. The second-order valence-electron chi connectivity index (χ2n) is 6.80. The third kappa shape index (κ3) is 7.40. The van der Waals surface area contributed by atoms with Gasteiger partial charge in [0.1, 0.15) is 5.75 Å². The normalized spacial score (nSPS) is 11.1.